The molecule has 0 aliphatic carbocycles. The molecule has 0 spiro atoms. The van der Waals surface area contributed by atoms with Gasteiger partial charge in [-0.25, -0.2) is 4.39 Å². The zero-order chi connectivity index (χ0) is 67.4. The molecule has 8 aromatic carbocycles. The van der Waals surface area contributed by atoms with Crippen molar-refractivity contribution in [1.82, 2.24) is 0 Å². The van der Waals surface area contributed by atoms with Crippen LogP contribution in [0.1, 0.15) is 65.3 Å². The maximum atomic E-state index is 17.0. The fourth-order valence-electron chi connectivity index (χ4n) is 11.8. The van der Waals surface area contributed by atoms with Gasteiger partial charge in [0.2, 0.25) is 6.36 Å². The summed E-state index contributed by atoms with van der Waals surface area (Å²) in [6.07, 6.45) is -19.2. The van der Waals surface area contributed by atoms with Crippen LogP contribution in [0.2, 0.25) is 0 Å². The van der Waals surface area contributed by atoms with Gasteiger partial charge in [-0.3, -0.25) is 9.59 Å². The molecule has 8 aromatic rings. The lowest BCUT2D eigenvalue weighted by atomic mass is 9.94. The number of carbonyl (C=O) groups excluding carboxylic acids is 2. The van der Waals surface area contributed by atoms with Crippen LogP contribution in [-0.2, 0) is 129 Å². The monoisotopic (exact) mass is 1330 g/mol. The van der Waals surface area contributed by atoms with Gasteiger partial charge in [0.1, 0.15) is 48.8 Å². The second-order valence-electron chi connectivity index (χ2n) is 24.1. The quantitative estimate of drug-likeness (QED) is 0.0362. The zero-order valence-corrected chi connectivity index (χ0v) is 54.9. The predicted molar refractivity (Wildman–Crippen MR) is 358 cm³/mol. The number of benzene rings is 8. The largest absolute Gasteiger partial charge is 0.454 e. The molecular weight excluding hydrogens is 1240 g/mol. The van der Waals surface area contributed by atoms with E-state index < -0.39 is 104 Å². The van der Waals surface area contributed by atoms with E-state index >= 15 is 4.39 Å². The van der Waals surface area contributed by atoms with Crippen molar-refractivity contribution in [3.63, 3.8) is 0 Å². The van der Waals surface area contributed by atoms with Crippen molar-refractivity contribution in [1.29, 1.82) is 0 Å². The van der Waals surface area contributed by atoms with Crippen LogP contribution in [0.25, 0.3) is 0 Å². The fraction of sp³-hybridized carbons (Fsp3) is 0.367. The summed E-state index contributed by atoms with van der Waals surface area (Å²) in [6.45, 7) is 4.51. The first-order valence-electron chi connectivity index (χ1n) is 32.9. The van der Waals surface area contributed by atoms with Crippen molar-refractivity contribution in [3.8, 4) is 0 Å². The molecule has 0 aromatic heterocycles. The number of hydrogen-bond acceptors (Lipinski definition) is 17. The van der Waals surface area contributed by atoms with Crippen LogP contribution < -0.4 is 0 Å². The van der Waals surface area contributed by atoms with Crippen molar-refractivity contribution >= 4 is 11.9 Å². The average Bonchev–Trinajstić information content (AvgIpc) is 1.19. The molecule has 2 heterocycles. The van der Waals surface area contributed by atoms with Gasteiger partial charge in [0.15, 0.2) is 24.8 Å². The molecule has 2 aliphatic rings. The smallest absolute Gasteiger partial charge is 0.303 e. The minimum atomic E-state index is -2.74. The van der Waals surface area contributed by atoms with E-state index in [1.54, 1.807) is 19.1 Å². The SMILES string of the molecule is CC(=O)OC1C(OCC(C)C(OCc2ccccc2)C(O[C@H]2O[C@@H](COCc3ccccc3)C(OCc3ccccc3)C(OCc3ccccc3)C2OC(C)=O)C(OCc2ccccc2)C(O)F)OC(COCc2ccccc2)C(OCc2ccccc2)C1OCc1ccccc1. The summed E-state index contributed by atoms with van der Waals surface area (Å²) < 4.78 is 112. The first-order chi connectivity index (χ1) is 47.5. The van der Waals surface area contributed by atoms with Gasteiger partial charge in [-0.2, -0.15) is 0 Å². The Kier molecular flexibility index (Phi) is 28.4. The number of esters is 2. The fourth-order valence-corrected chi connectivity index (χ4v) is 11.8. The van der Waals surface area contributed by atoms with Gasteiger partial charge in [0.25, 0.3) is 0 Å². The summed E-state index contributed by atoms with van der Waals surface area (Å²) >= 11 is 0. The Morgan fingerprint density at radius 3 is 0.990 bits per heavy atom. The molecule has 97 heavy (non-hydrogen) atoms. The highest BCUT2D eigenvalue weighted by molar-refractivity contribution is 5.66. The third-order valence-electron chi connectivity index (χ3n) is 16.6. The number of carbonyl (C=O) groups is 2. The summed E-state index contributed by atoms with van der Waals surface area (Å²) in [7, 11) is 0. The van der Waals surface area contributed by atoms with E-state index in [0.29, 0.717) is 5.56 Å². The van der Waals surface area contributed by atoms with Gasteiger partial charge in [-0.1, -0.05) is 250 Å². The number of rotatable bonds is 37. The van der Waals surface area contributed by atoms with Crippen molar-refractivity contribution in [2.45, 2.75) is 160 Å². The van der Waals surface area contributed by atoms with E-state index in [1.807, 2.05) is 231 Å². The lowest BCUT2D eigenvalue weighted by Crippen LogP contribution is -2.64. The first-order valence-corrected chi connectivity index (χ1v) is 32.9. The van der Waals surface area contributed by atoms with Crippen LogP contribution in [0.15, 0.2) is 243 Å². The van der Waals surface area contributed by atoms with E-state index in [-0.39, 0.29) is 72.7 Å². The van der Waals surface area contributed by atoms with Crippen molar-refractivity contribution in [3.05, 3.63) is 287 Å². The number of alkyl halides is 1. The third kappa shape index (κ3) is 22.3. The highest BCUT2D eigenvalue weighted by atomic mass is 19.1. The molecule has 2 aliphatic heterocycles. The maximum absolute atomic E-state index is 17.0. The highest BCUT2D eigenvalue weighted by Gasteiger charge is 2.54. The molecule has 13 unspecified atom stereocenters. The zero-order valence-electron chi connectivity index (χ0n) is 54.9. The van der Waals surface area contributed by atoms with Crippen LogP contribution in [0.4, 0.5) is 4.39 Å². The van der Waals surface area contributed by atoms with Gasteiger partial charge < -0.3 is 71.4 Å². The standard InChI is InChI=1S/C79H87FO17/c1-55(44-92-78-75(93-56(2)81)71(89-50-63-38-22-9-23-39-63)69(87-48-61-34-18-7-19-35-61)66(95-78)53-84-45-58-28-12-4-13-29-58)68(86-47-60-32-16-6-17-33-60)73(74(77(80)83)91-52-65-42-26-11-27-43-65)97-79-76(94-57(3)82)72(90-51-64-40-24-10-25-41-64)70(88-49-62-36-20-8-21-37-62)67(96-79)54-85-46-59-30-14-5-15-31-59/h4-43,55,66-79,83H,44-54H2,1-3H3/t55?,66?,67-,68?,69?,70?,71?,72?,73?,74?,75?,76?,77?,78?,79+/m0/s1. The minimum absolute atomic E-state index is 0.00725. The molecule has 0 bridgehead atoms. The minimum Gasteiger partial charge on any atom is -0.454 e. The molecule has 2 fully saturated rings. The Morgan fingerprint density at radius 1 is 0.371 bits per heavy atom. The molecule has 0 radical (unpaired) electrons. The Morgan fingerprint density at radius 2 is 0.660 bits per heavy atom. The molecule has 0 saturated carbocycles. The van der Waals surface area contributed by atoms with E-state index in [9.17, 15) is 14.7 Å². The summed E-state index contributed by atoms with van der Waals surface area (Å²) in [4.78, 5) is 27.2. The van der Waals surface area contributed by atoms with Crippen LogP contribution in [-0.4, -0.2) is 123 Å². The van der Waals surface area contributed by atoms with Crippen molar-refractivity contribution in [2.75, 3.05) is 19.8 Å². The summed E-state index contributed by atoms with van der Waals surface area (Å²) in [5.74, 6) is -2.23. The highest BCUT2D eigenvalue weighted by Crippen LogP contribution is 2.37. The number of halogens is 1. The summed E-state index contributed by atoms with van der Waals surface area (Å²) in [5.41, 5.74) is 6.58. The van der Waals surface area contributed by atoms with Crippen LogP contribution in [0.3, 0.4) is 0 Å². The lowest BCUT2D eigenvalue weighted by molar-refractivity contribution is -0.349. The molecule has 1 N–H and O–H groups in total. The van der Waals surface area contributed by atoms with Gasteiger partial charge in [-0.05, 0) is 44.5 Å². The Balaban J connectivity index is 1.03. The molecule has 10 rings (SSSR count). The van der Waals surface area contributed by atoms with Crippen LogP contribution in [0.5, 0.6) is 0 Å². The van der Waals surface area contributed by atoms with Gasteiger partial charge >= 0.3 is 11.9 Å². The second kappa shape index (κ2) is 38.3. The predicted octanol–water partition coefficient (Wildman–Crippen LogP) is 12.6. The number of hydrogen-bond donors (Lipinski definition) is 1. The van der Waals surface area contributed by atoms with Crippen LogP contribution >= 0.6 is 0 Å². The number of aliphatic hydroxyl groups is 1. The number of ether oxygens (including phenoxy) is 14. The Labute approximate surface area is 567 Å². The normalized spacial score (nSPS) is 22.5. The topological polar surface area (TPSA) is 184 Å². The molecule has 17 nitrogen and oxygen atoms in total. The average molecular weight is 1330 g/mol. The molecule has 0 amide bonds. The summed E-state index contributed by atoms with van der Waals surface area (Å²) in [5, 5.41) is 11.6. The van der Waals surface area contributed by atoms with E-state index in [1.165, 1.54) is 13.8 Å². The maximum Gasteiger partial charge on any atom is 0.303 e. The van der Waals surface area contributed by atoms with E-state index in [0.717, 1.165) is 38.9 Å². The van der Waals surface area contributed by atoms with Crippen molar-refractivity contribution < 1.29 is 85.4 Å². The van der Waals surface area contributed by atoms with Crippen molar-refractivity contribution in [2.24, 2.45) is 5.92 Å². The molecule has 18 heteroatoms. The third-order valence-corrected chi connectivity index (χ3v) is 16.6. The molecule has 15 atom stereocenters. The molecule has 2 saturated heterocycles. The van der Waals surface area contributed by atoms with Gasteiger partial charge in [0, 0.05) is 19.8 Å². The molecular formula is C79H87FO17. The summed E-state index contributed by atoms with van der Waals surface area (Å²) in [6, 6.07) is 76.0. The number of aliphatic hydroxyl groups excluding tert-OH is 1. The van der Waals surface area contributed by atoms with Gasteiger partial charge in [0.05, 0.1) is 78.8 Å². The second-order valence-corrected chi connectivity index (χ2v) is 24.1. The van der Waals surface area contributed by atoms with E-state index in [4.69, 9.17) is 66.3 Å². The van der Waals surface area contributed by atoms with E-state index in [2.05, 4.69) is 0 Å². The Bertz CT molecular complexity index is 3480. The van der Waals surface area contributed by atoms with Crippen LogP contribution in [0, 0.1) is 5.92 Å². The molecule has 512 valence electrons. The lowest BCUT2D eigenvalue weighted by Gasteiger charge is -2.47. The Hall–Kier alpha value is -7.89. The first kappa shape index (κ1) is 71.9. The van der Waals surface area contributed by atoms with Gasteiger partial charge in [-0.15, -0.1) is 0 Å².